The van der Waals surface area contributed by atoms with Gasteiger partial charge in [-0.05, 0) is 19.8 Å². The molecule has 0 aromatic rings. The van der Waals surface area contributed by atoms with Crippen molar-refractivity contribution in [1.29, 1.82) is 0 Å². The minimum absolute atomic E-state index is 0.192. The number of nitrogens with one attached hydrogen (secondary N) is 2. The van der Waals surface area contributed by atoms with E-state index in [1.165, 1.54) is 8.61 Å². The minimum atomic E-state index is -3.44. The van der Waals surface area contributed by atoms with E-state index in [1.807, 2.05) is 18.7 Å². The maximum Gasteiger partial charge on any atom is 0.321 e. The Bertz CT molecular complexity index is 581. The van der Waals surface area contributed by atoms with Gasteiger partial charge >= 0.3 is 6.03 Å². The van der Waals surface area contributed by atoms with Gasteiger partial charge in [0.05, 0.1) is 6.04 Å². The molecule has 2 N–H and O–H groups in total. The number of amides is 3. The summed E-state index contributed by atoms with van der Waals surface area (Å²) in [6.07, 6.45) is 1.92. The van der Waals surface area contributed by atoms with E-state index in [4.69, 9.17) is 0 Å². The number of nitrogens with zero attached hydrogens (tertiary/aromatic N) is 3. The van der Waals surface area contributed by atoms with Crippen molar-refractivity contribution >= 4 is 22.1 Å². The largest absolute Gasteiger partial charge is 0.335 e. The summed E-state index contributed by atoms with van der Waals surface area (Å²) >= 11 is 0. The third kappa shape index (κ3) is 5.13. The molecule has 1 aliphatic carbocycles. The van der Waals surface area contributed by atoms with Crippen LogP contribution in [0.5, 0.6) is 0 Å². The van der Waals surface area contributed by atoms with Crippen molar-refractivity contribution in [3.63, 3.8) is 0 Å². The lowest BCUT2D eigenvalue weighted by Gasteiger charge is -2.38. The van der Waals surface area contributed by atoms with Crippen LogP contribution in [0, 0.1) is 0 Å². The van der Waals surface area contributed by atoms with Gasteiger partial charge in [0, 0.05) is 45.3 Å². The number of piperazine rings is 1. The number of carbonyl (C=O) groups excluding carboxylic acids is 2. The van der Waals surface area contributed by atoms with Gasteiger partial charge in [-0.2, -0.15) is 17.0 Å². The number of hydrogen-bond donors (Lipinski definition) is 2. The summed E-state index contributed by atoms with van der Waals surface area (Å²) in [6, 6.07) is -0.748. The molecule has 1 heterocycles. The number of hydrogen-bond acceptors (Lipinski definition) is 5. The normalized spacial score (nSPS) is 21.1. The molecule has 0 bridgehead atoms. The lowest BCUT2D eigenvalue weighted by atomic mass is 10.2. The molecule has 9 nitrogen and oxygen atoms in total. The van der Waals surface area contributed by atoms with Crippen LogP contribution in [0.2, 0.25) is 0 Å². The molecule has 0 aromatic heterocycles. The van der Waals surface area contributed by atoms with Crippen molar-refractivity contribution in [3.05, 3.63) is 0 Å². The molecule has 1 aliphatic heterocycles. The average Bonchev–Trinajstić information content (AvgIpc) is 3.38. The number of imide groups is 1. The lowest BCUT2D eigenvalue weighted by molar-refractivity contribution is -0.125. The molecule has 2 rings (SSSR count). The van der Waals surface area contributed by atoms with Gasteiger partial charge in [-0.1, -0.05) is 13.8 Å². The fourth-order valence-electron chi connectivity index (χ4n) is 2.87. The average molecular weight is 375 g/mol. The highest BCUT2D eigenvalue weighted by atomic mass is 32.2. The molecule has 3 amide bonds. The van der Waals surface area contributed by atoms with E-state index >= 15 is 0 Å². The predicted octanol–water partition coefficient (Wildman–Crippen LogP) is -0.433. The molecule has 25 heavy (non-hydrogen) atoms. The SMILES string of the molecule is CCN(CC)S(=O)(=O)N1CCN(C(C)C(=O)NC(=O)NC2CC2)CC1. The Morgan fingerprint density at radius 2 is 1.68 bits per heavy atom. The van der Waals surface area contributed by atoms with Crippen LogP contribution in [0.25, 0.3) is 0 Å². The van der Waals surface area contributed by atoms with Gasteiger partial charge in [-0.3, -0.25) is 15.0 Å². The van der Waals surface area contributed by atoms with Crippen molar-refractivity contribution < 1.29 is 18.0 Å². The van der Waals surface area contributed by atoms with Crippen LogP contribution in [0.4, 0.5) is 4.79 Å². The molecular formula is C15H29N5O4S. The summed E-state index contributed by atoms with van der Waals surface area (Å²) in [5.41, 5.74) is 0. The fourth-order valence-corrected chi connectivity index (χ4v) is 4.47. The summed E-state index contributed by atoms with van der Waals surface area (Å²) in [4.78, 5) is 25.7. The van der Waals surface area contributed by atoms with E-state index in [2.05, 4.69) is 10.6 Å². The van der Waals surface area contributed by atoms with Crippen LogP contribution >= 0.6 is 0 Å². The molecule has 0 spiro atoms. The maximum atomic E-state index is 12.5. The Kier molecular flexibility index (Phi) is 6.78. The van der Waals surface area contributed by atoms with E-state index in [9.17, 15) is 18.0 Å². The quantitative estimate of drug-likeness (QED) is 0.629. The van der Waals surface area contributed by atoms with E-state index in [1.54, 1.807) is 6.92 Å². The van der Waals surface area contributed by atoms with E-state index in [-0.39, 0.29) is 11.9 Å². The van der Waals surface area contributed by atoms with Crippen molar-refractivity contribution in [2.75, 3.05) is 39.3 Å². The van der Waals surface area contributed by atoms with Gasteiger partial charge in [0.15, 0.2) is 0 Å². The molecule has 1 atom stereocenters. The first kappa shape index (κ1) is 20.1. The zero-order valence-electron chi connectivity index (χ0n) is 15.2. The molecule has 1 unspecified atom stereocenters. The van der Waals surface area contributed by atoms with Gasteiger partial charge in [0.2, 0.25) is 5.91 Å². The van der Waals surface area contributed by atoms with Gasteiger partial charge < -0.3 is 5.32 Å². The molecule has 1 saturated heterocycles. The first-order chi connectivity index (χ1) is 11.8. The third-order valence-corrected chi connectivity index (χ3v) is 6.89. The van der Waals surface area contributed by atoms with Gasteiger partial charge in [0.25, 0.3) is 10.2 Å². The highest BCUT2D eigenvalue weighted by molar-refractivity contribution is 7.86. The van der Waals surface area contributed by atoms with Crippen LogP contribution in [-0.4, -0.2) is 85.2 Å². The lowest BCUT2D eigenvalue weighted by Crippen LogP contribution is -2.57. The van der Waals surface area contributed by atoms with Crippen molar-refractivity contribution in [2.45, 2.75) is 45.7 Å². The van der Waals surface area contributed by atoms with Crippen LogP contribution in [0.3, 0.4) is 0 Å². The Morgan fingerprint density at radius 1 is 1.12 bits per heavy atom. The monoisotopic (exact) mass is 375 g/mol. The van der Waals surface area contributed by atoms with Gasteiger partial charge in [-0.15, -0.1) is 0 Å². The highest BCUT2D eigenvalue weighted by Crippen LogP contribution is 2.18. The van der Waals surface area contributed by atoms with Gasteiger partial charge in [0.1, 0.15) is 0 Å². The third-order valence-electron chi connectivity index (χ3n) is 4.71. The second kappa shape index (κ2) is 8.43. The van der Waals surface area contributed by atoms with E-state index in [0.29, 0.717) is 39.3 Å². The molecule has 144 valence electrons. The molecule has 1 saturated carbocycles. The summed E-state index contributed by atoms with van der Waals surface area (Å²) in [6.45, 7) is 7.83. The second-order valence-corrected chi connectivity index (χ2v) is 8.37. The second-order valence-electron chi connectivity index (χ2n) is 6.44. The summed E-state index contributed by atoms with van der Waals surface area (Å²) in [5.74, 6) is -0.363. The van der Waals surface area contributed by atoms with Gasteiger partial charge in [-0.25, -0.2) is 4.79 Å². The summed E-state index contributed by atoms with van der Waals surface area (Å²) in [5, 5.41) is 5.07. The van der Waals surface area contributed by atoms with E-state index < -0.39 is 22.3 Å². The Hall–Kier alpha value is -1.23. The van der Waals surface area contributed by atoms with Crippen LogP contribution in [0.1, 0.15) is 33.6 Å². The zero-order valence-corrected chi connectivity index (χ0v) is 16.0. The summed E-state index contributed by atoms with van der Waals surface area (Å²) < 4.78 is 27.9. The topological polar surface area (TPSA) is 102 Å². The highest BCUT2D eigenvalue weighted by Gasteiger charge is 2.34. The summed E-state index contributed by atoms with van der Waals surface area (Å²) in [7, 11) is -3.44. The Morgan fingerprint density at radius 3 is 2.16 bits per heavy atom. The minimum Gasteiger partial charge on any atom is -0.335 e. The fraction of sp³-hybridized carbons (Fsp3) is 0.867. The van der Waals surface area contributed by atoms with Crippen LogP contribution < -0.4 is 10.6 Å². The smallest absolute Gasteiger partial charge is 0.321 e. The predicted molar refractivity (Wildman–Crippen MR) is 94.1 cm³/mol. The molecule has 0 aromatic carbocycles. The van der Waals surface area contributed by atoms with Crippen molar-refractivity contribution in [1.82, 2.24) is 24.1 Å². The Balaban J connectivity index is 1.83. The first-order valence-electron chi connectivity index (χ1n) is 8.90. The molecule has 10 heteroatoms. The molecule has 2 aliphatic rings. The molecular weight excluding hydrogens is 346 g/mol. The van der Waals surface area contributed by atoms with E-state index in [0.717, 1.165) is 12.8 Å². The van der Waals surface area contributed by atoms with Crippen molar-refractivity contribution in [3.8, 4) is 0 Å². The first-order valence-corrected chi connectivity index (χ1v) is 10.3. The van der Waals surface area contributed by atoms with Crippen molar-refractivity contribution in [2.24, 2.45) is 0 Å². The standard InChI is InChI=1S/C15H29N5O4S/c1-4-19(5-2)25(23,24)20-10-8-18(9-11-20)12(3)14(21)17-15(22)16-13-6-7-13/h12-13H,4-11H2,1-3H3,(H2,16,17,21,22). The number of rotatable bonds is 7. The zero-order chi connectivity index (χ0) is 18.6. The maximum absolute atomic E-state index is 12.5. The number of urea groups is 1. The Labute approximate surface area is 149 Å². The van der Waals surface area contributed by atoms with Crippen LogP contribution in [-0.2, 0) is 15.0 Å². The van der Waals surface area contributed by atoms with Crippen LogP contribution in [0.15, 0.2) is 0 Å². The molecule has 0 radical (unpaired) electrons. The number of carbonyl (C=O) groups is 2. The molecule has 2 fully saturated rings.